The van der Waals surface area contributed by atoms with E-state index in [1.807, 2.05) is 13.0 Å². The lowest BCUT2D eigenvalue weighted by atomic mass is 10.0. The van der Waals surface area contributed by atoms with Crippen molar-refractivity contribution >= 4 is 0 Å². The summed E-state index contributed by atoms with van der Waals surface area (Å²) in [6.07, 6.45) is -0.734. The number of fused-ring (bicyclic) bond motifs is 2. The Labute approximate surface area is 149 Å². The fourth-order valence-corrected chi connectivity index (χ4v) is 3.16. The summed E-state index contributed by atoms with van der Waals surface area (Å²) in [6, 6.07) is 8.72. The van der Waals surface area contributed by atoms with Crippen molar-refractivity contribution in [1.82, 2.24) is 5.32 Å². The van der Waals surface area contributed by atoms with E-state index in [0.717, 1.165) is 11.8 Å². The van der Waals surface area contributed by atoms with Gasteiger partial charge in [0.15, 0.2) is 11.5 Å². The Bertz CT molecular complexity index is 781. The molecule has 5 nitrogen and oxygen atoms in total. The Morgan fingerprint density at radius 3 is 2.73 bits per heavy atom. The Balaban J connectivity index is 1.43. The number of hydrogen-bond acceptors (Lipinski definition) is 5. The number of rotatable bonds is 4. The number of benzene rings is 2. The zero-order chi connectivity index (χ0) is 18.1. The van der Waals surface area contributed by atoms with Crippen molar-refractivity contribution in [2.75, 3.05) is 19.9 Å². The van der Waals surface area contributed by atoms with Gasteiger partial charge in [-0.15, -0.1) is 0 Å². The highest BCUT2D eigenvalue weighted by Crippen LogP contribution is 2.35. The molecule has 0 unspecified atom stereocenters. The van der Waals surface area contributed by atoms with Crippen molar-refractivity contribution < 1.29 is 27.7 Å². The van der Waals surface area contributed by atoms with Crippen molar-refractivity contribution in [3.05, 3.63) is 53.6 Å². The van der Waals surface area contributed by atoms with Crippen LogP contribution in [0.2, 0.25) is 0 Å². The molecular formula is C19H19F2NO4. The molecule has 2 aromatic carbocycles. The van der Waals surface area contributed by atoms with E-state index in [-0.39, 0.29) is 25.5 Å². The maximum Gasteiger partial charge on any atom is 0.231 e. The Hall–Kier alpha value is -2.38. The lowest BCUT2D eigenvalue weighted by molar-refractivity contribution is -0.0777. The van der Waals surface area contributed by atoms with Crippen LogP contribution < -0.4 is 19.5 Å². The highest BCUT2D eigenvalue weighted by atomic mass is 19.1. The van der Waals surface area contributed by atoms with Crippen LogP contribution in [0.15, 0.2) is 36.4 Å². The fourth-order valence-electron chi connectivity index (χ4n) is 3.16. The highest BCUT2D eigenvalue weighted by Gasteiger charge is 2.30. The van der Waals surface area contributed by atoms with E-state index in [1.165, 1.54) is 12.1 Å². The first-order valence-electron chi connectivity index (χ1n) is 8.46. The topological polar surface area (TPSA) is 49.0 Å². The first-order chi connectivity index (χ1) is 12.6. The molecule has 26 heavy (non-hydrogen) atoms. The van der Waals surface area contributed by atoms with Gasteiger partial charge in [0, 0.05) is 24.7 Å². The van der Waals surface area contributed by atoms with Crippen molar-refractivity contribution in [2.24, 2.45) is 0 Å². The molecule has 4 rings (SSSR count). The number of hydrogen-bond donors (Lipinski definition) is 1. The predicted octanol–water partition coefficient (Wildman–Crippen LogP) is 3.19. The summed E-state index contributed by atoms with van der Waals surface area (Å²) in [7, 11) is 0. The summed E-state index contributed by atoms with van der Waals surface area (Å²) in [4.78, 5) is 0. The van der Waals surface area contributed by atoms with Crippen LogP contribution in [-0.2, 0) is 4.74 Å². The number of halogens is 2. The molecule has 0 aromatic heterocycles. The molecule has 1 saturated heterocycles. The van der Waals surface area contributed by atoms with E-state index in [0.29, 0.717) is 23.6 Å². The van der Waals surface area contributed by atoms with Crippen molar-refractivity contribution in [3.63, 3.8) is 0 Å². The summed E-state index contributed by atoms with van der Waals surface area (Å²) in [5.41, 5.74) is 0.465. The maximum atomic E-state index is 13.5. The van der Waals surface area contributed by atoms with Crippen molar-refractivity contribution in [3.8, 4) is 17.2 Å². The lowest BCUT2D eigenvalue weighted by Gasteiger charge is -2.36. The number of nitrogens with one attached hydrogen (secondary N) is 1. The summed E-state index contributed by atoms with van der Waals surface area (Å²) < 4.78 is 49.6. The van der Waals surface area contributed by atoms with Crippen LogP contribution in [0.3, 0.4) is 0 Å². The standard InChI is InChI=1S/C19H19F2NO4/c1-11-19(12-4-13(20)6-14(21)5-12)26-16(8-22-11)9-23-17-3-2-15-7-18(17)25-10-24-15/h2-7,11,16,19,22H,8-10H2,1H3/t11-,16+,19-/m0/s1. The second-order valence-electron chi connectivity index (χ2n) is 6.40. The summed E-state index contributed by atoms with van der Waals surface area (Å²) in [6.45, 7) is 2.93. The minimum Gasteiger partial charge on any atom is -0.487 e. The van der Waals surface area contributed by atoms with Crippen LogP contribution in [0.5, 0.6) is 17.2 Å². The lowest BCUT2D eigenvalue weighted by Crippen LogP contribution is -2.48. The first kappa shape index (κ1) is 17.1. The van der Waals surface area contributed by atoms with Crippen LogP contribution in [0.25, 0.3) is 0 Å². The predicted molar refractivity (Wildman–Crippen MR) is 89.5 cm³/mol. The molecule has 7 heteroatoms. The molecule has 138 valence electrons. The zero-order valence-corrected chi connectivity index (χ0v) is 14.2. The SMILES string of the molecule is C[C@@H]1NC[C@H](COc2ccc3cc2OCO3)O[C@@H]1c1cc(F)cc(F)c1. The van der Waals surface area contributed by atoms with Crippen LogP contribution >= 0.6 is 0 Å². The molecule has 0 aliphatic carbocycles. The van der Waals surface area contributed by atoms with Crippen molar-refractivity contribution in [1.29, 1.82) is 0 Å². The van der Waals surface area contributed by atoms with E-state index in [2.05, 4.69) is 5.32 Å². The number of morpholine rings is 1. The van der Waals surface area contributed by atoms with Gasteiger partial charge in [0.2, 0.25) is 6.79 Å². The van der Waals surface area contributed by atoms with Crippen LogP contribution in [0.4, 0.5) is 8.78 Å². The minimum absolute atomic E-state index is 0.0756. The summed E-state index contributed by atoms with van der Waals surface area (Å²) in [5.74, 6) is 0.721. The van der Waals surface area contributed by atoms with E-state index >= 15 is 0 Å². The molecule has 2 aromatic rings. The largest absolute Gasteiger partial charge is 0.487 e. The molecule has 1 fully saturated rings. The van der Waals surface area contributed by atoms with Gasteiger partial charge in [0.05, 0.1) is 6.10 Å². The monoisotopic (exact) mass is 363 g/mol. The normalized spacial score (nSPS) is 24.5. The van der Waals surface area contributed by atoms with Gasteiger partial charge >= 0.3 is 0 Å². The second-order valence-corrected chi connectivity index (χ2v) is 6.40. The number of ether oxygens (including phenoxy) is 4. The van der Waals surface area contributed by atoms with Crippen LogP contribution in [0, 0.1) is 11.6 Å². The van der Waals surface area contributed by atoms with Gasteiger partial charge in [-0.25, -0.2) is 8.78 Å². The molecule has 2 heterocycles. The fraction of sp³-hybridized carbons (Fsp3) is 0.368. The molecule has 1 N–H and O–H groups in total. The molecule has 3 atom stereocenters. The Kier molecular flexibility index (Phi) is 4.65. The van der Waals surface area contributed by atoms with Gasteiger partial charge in [-0.2, -0.15) is 0 Å². The van der Waals surface area contributed by atoms with Gasteiger partial charge < -0.3 is 24.3 Å². The molecule has 0 radical (unpaired) electrons. The van der Waals surface area contributed by atoms with Gasteiger partial charge in [0.1, 0.15) is 30.1 Å². The van der Waals surface area contributed by atoms with E-state index < -0.39 is 17.7 Å². The Morgan fingerprint density at radius 1 is 1.12 bits per heavy atom. The van der Waals surface area contributed by atoms with Gasteiger partial charge in [-0.3, -0.25) is 0 Å². The molecule has 2 aliphatic heterocycles. The maximum absolute atomic E-state index is 13.5. The third kappa shape index (κ3) is 3.59. The van der Waals surface area contributed by atoms with Gasteiger partial charge in [-0.1, -0.05) is 0 Å². The van der Waals surface area contributed by atoms with Crippen LogP contribution in [-0.4, -0.2) is 32.1 Å². The molecule has 0 spiro atoms. The molecule has 0 amide bonds. The average molecular weight is 363 g/mol. The third-order valence-corrected chi connectivity index (χ3v) is 4.45. The summed E-state index contributed by atoms with van der Waals surface area (Å²) in [5, 5.41) is 3.30. The van der Waals surface area contributed by atoms with Crippen molar-refractivity contribution in [2.45, 2.75) is 25.2 Å². The molecule has 0 saturated carbocycles. The second kappa shape index (κ2) is 7.09. The highest BCUT2D eigenvalue weighted by molar-refractivity contribution is 5.46. The quantitative estimate of drug-likeness (QED) is 0.904. The van der Waals surface area contributed by atoms with Crippen LogP contribution in [0.1, 0.15) is 18.6 Å². The smallest absolute Gasteiger partial charge is 0.231 e. The third-order valence-electron chi connectivity index (χ3n) is 4.45. The summed E-state index contributed by atoms with van der Waals surface area (Å²) >= 11 is 0. The molecule has 2 bridgehead atoms. The first-order valence-corrected chi connectivity index (χ1v) is 8.46. The van der Waals surface area contributed by atoms with E-state index in [9.17, 15) is 8.78 Å². The zero-order valence-electron chi connectivity index (χ0n) is 14.2. The Morgan fingerprint density at radius 2 is 1.92 bits per heavy atom. The molecular weight excluding hydrogens is 344 g/mol. The minimum atomic E-state index is -0.618. The van der Waals surface area contributed by atoms with Gasteiger partial charge in [0.25, 0.3) is 0 Å². The van der Waals surface area contributed by atoms with Gasteiger partial charge in [-0.05, 0) is 36.8 Å². The molecule has 2 aliphatic rings. The average Bonchev–Trinajstić information content (AvgIpc) is 2.62. The van der Waals surface area contributed by atoms with E-state index in [1.54, 1.807) is 12.1 Å². The van der Waals surface area contributed by atoms with E-state index in [4.69, 9.17) is 18.9 Å².